The molecule has 1 aliphatic rings. The molecule has 2 unspecified atom stereocenters. The molecule has 88 valence electrons. The van der Waals surface area contributed by atoms with Gasteiger partial charge in [0.2, 0.25) is 0 Å². The number of carbonyl (C=O) groups is 1. The molecule has 0 aliphatic carbocycles. The van der Waals surface area contributed by atoms with E-state index in [-0.39, 0.29) is 5.92 Å². The molecule has 4 heteroatoms. The average Bonchev–Trinajstić information content (AvgIpc) is 2.51. The molecule has 1 saturated heterocycles. The Labute approximate surface area is 91.9 Å². The molecule has 0 aromatic carbocycles. The zero-order chi connectivity index (χ0) is 11.4. The Morgan fingerprint density at radius 1 is 1.67 bits per heavy atom. The normalized spacial score (nSPS) is 24.7. The number of carboxylic acids is 1. The van der Waals surface area contributed by atoms with Gasteiger partial charge in [0.15, 0.2) is 0 Å². The fourth-order valence-corrected chi connectivity index (χ4v) is 2.19. The monoisotopic (exact) mass is 214 g/mol. The topological polar surface area (TPSA) is 43.8 Å². The molecule has 0 aromatic rings. The van der Waals surface area contributed by atoms with Crippen LogP contribution in [0.3, 0.4) is 0 Å². The summed E-state index contributed by atoms with van der Waals surface area (Å²) in [6.45, 7) is 4.55. The zero-order valence-corrected chi connectivity index (χ0v) is 9.94. The smallest absolute Gasteiger partial charge is 0.307 e. The molecule has 15 heavy (non-hydrogen) atoms. The second-order valence-electron chi connectivity index (χ2n) is 4.74. The molecule has 0 amide bonds. The Hall–Kier alpha value is -0.610. The minimum absolute atomic E-state index is 0.276. The summed E-state index contributed by atoms with van der Waals surface area (Å²) in [5.74, 6) is -0.983. The lowest BCUT2D eigenvalue weighted by atomic mass is 10.1. The van der Waals surface area contributed by atoms with Crippen molar-refractivity contribution >= 4 is 5.97 Å². The molecular formula is C11H22N2O2. The fourth-order valence-electron chi connectivity index (χ4n) is 2.19. The second kappa shape index (κ2) is 5.47. The van der Waals surface area contributed by atoms with Crippen LogP contribution in [0.1, 0.15) is 19.8 Å². The van der Waals surface area contributed by atoms with E-state index in [0.717, 1.165) is 6.54 Å². The summed E-state index contributed by atoms with van der Waals surface area (Å²) in [6.07, 6.45) is 2.51. The van der Waals surface area contributed by atoms with E-state index in [1.165, 1.54) is 19.4 Å². The highest BCUT2D eigenvalue weighted by Gasteiger charge is 2.23. The van der Waals surface area contributed by atoms with E-state index in [9.17, 15) is 4.79 Å². The van der Waals surface area contributed by atoms with Crippen molar-refractivity contribution in [2.24, 2.45) is 5.92 Å². The van der Waals surface area contributed by atoms with E-state index in [1.807, 2.05) is 7.05 Å². The third-order valence-corrected chi connectivity index (χ3v) is 3.20. The lowest BCUT2D eigenvalue weighted by Crippen LogP contribution is -2.39. The van der Waals surface area contributed by atoms with Crippen LogP contribution in [0.15, 0.2) is 0 Å². The molecule has 0 aromatic heterocycles. The Morgan fingerprint density at radius 3 is 2.80 bits per heavy atom. The van der Waals surface area contributed by atoms with Crippen molar-refractivity contribution in [3.8, 4) is 0 Å². The van der Waals surface area contributed by atoms with Crippen molar-refractivity contribution in [3.63, 3.8) is 0 Å². The predicted octanol–water partition coefficient (Wildman–Crippen LogP) is 0.733. The van der Waals surface area contributed by atoms with Crippen molar-refractivity contribution in [1.29, 1.82) is 0 Å². The molecular weight excluding hydrogens is 192 g/mol. The Morgan fingerprint density at radius 2 is 2.33 bits per heavy atom. The summed E-state index contributed by atoms with van der Waals surface area (Å²) in [6, 6.07) is 0.607. The van der Waals surface area contributed by atoms with Crippen LogP contribution >= 0.6 is 0 Å². The number of carboxylic acid groups (broad SMARTS) is 1. The van der Waals surface area contributed by atoms with Gasteiger partial charge in [-0.25, -0.2) is 0 Å². The summed E-state index contributed by atoms with van der Waals surface area (Å²) < 4.78 is 0. The average molecular weight is 214 g/mol. The van der Waals surface area contributed by atoms with E-state index in [0.29, 0.717) is 12.6 Å². The minimum atomic E-state index is -0.707. The highest BCUT2D eigenvalue weighted by Crippen LogP contribution is 2.15. The summed E-state index contributed by atoms with van der Waals surface area (Å²) >= 11 is 0. The second-order valence-corrected chi connectivity index (χ2v) is 4.74. The highest BCUT2D eigenvalue weighted by molar-refractivity contribution is 5.69. The summed E-state index contributed by atoms with van der Waals surface area (Å²) in [5.41, 5.74) is 0. The number of likely N-dealkylation sites (N-methyl/N-ethyl adjacent to an activating group) is 2. The van der Waals surface area contributed by atoms with Gasteiger partial charge in [0.1, 0.15) is 0 Å². The van der Waals surface area contributed by atoms with Gasteiger partial charge in [-0.05, 0) is 33.5 Å². The van der Waals surface area contributed by atoms with Crippen molar-refractivity contribution in [2.75, 3.05) is 33.7 Å². The number of hydrogen-bond donors (Lipinski definition) is 1. The summed E-state index contributed by atoms with van der Waals surface area (Å²) in [5, 5.41) is 8.81. The van der Waals surface area contributed by atoms with E-state index in [4.69, 9.17) is 5.11 Å². The maximum Gasteiger partial charge on any atom is 0.307 e. The highest BCUT2D eigenvalue weighted by atomic mass is 16.4. The number of likely N-dealkylation sites (tertiary alicyclic amines) is 1. The molecule has 0 bridgehead atoms. The number of nitrogens with zero attached hydrogens (tertiary/aromatic N) is 2. The van der Waals surface area contributed by atoms with Crippen LogP contribution in [-0.4, -0.2) is 60.6 Å². The molecule has 0 radical (unpaired) electrons. The maximum absolute atomic E-state index is 10.7. The van der Waals surface area contributed by atoms with Gasteiger partial charge < -0.3 is 14.9 Å². The number of hydrogen-bond acceptors (Lipinski definition) is 3. The maximum atomic E-state index is 10.7. The quantitative estimate of drug-likeness (QED) is 0.733. The standard InChI is InChI=1S/C11H22N2O2/c1-9(11(14)15)7-12(2)8-10-5-4-6-13(10)3/h9-10H,4-8H2,1-3H3,(H,14,15). The van der Waals surface area contributed by atoms with Gasteiger partial charge in [-0.3, -0.25) is 4.79 Å². The van der Waals surface area contributed by atoms with Crippen LogP contribution < -0.4 is 0 Å². The van der Waals surface area contributed by atoms with Crippen LogP contribution in [0, 0.1) is 5.92 Å². The van der Waals surface area contributed by atoms with Crippen molar-refractivity contribution < 1.29 is 9.90 Å². The van der Waals surface area contributed by atoms with Gasteiger partial charge >= 0.3 is 5.97 Å². The molecule has 2 atom stereocenters. The van der Waals surface area contributed by atoms with Crippen molar-refractivity contribution in [1.82, 2.24) is 9.80 Å². The Kier molecular flexibility index (Phi) is 4.54. The van der Waals surface area contributed by atoms with Gasteiger partial charge in [-0.1, -0.05) is 6.92 Å². The zero-order valence-electron chi connectivity index (χ0n) is 9.94. The van der Waals surface area contributed by atoms with Crippen LogP contribution in [0.25, 0.3) is 0 Å². The molecule has 0 saturated carbocycles. The largest absolute Gasteiger partial charge is 0.481 e. The van der Waals surface area contributed by atoms with Crippen LogP contribution in [0.2, 0.25) is 0 Å². The van der Waals surface area contributed by atoms with Crippen LogP contribution in [0.5, 0.6) is 0 Å². The van der Waals surface area contributed by atoms with Gasteiger partial charge in [-0.2, -0.15) is 0 Å². The van der Waals surface area contributed by atoms with Crippen molar-refractivity contribution in [3.05, 3.63) is 0 Å². The van der Waals surface area contributed by atoms with E-state index in [2.05, 4.69) is 16.8 Å². The Balaban J connectivity index is 2.29. The van der Waals surface area contributed by atoms with Gasteiger partial charge in [0.25, 0.3) is 0 Å². The fraction of sp³-hybridized carbons (Fsp3) is 0.909. The molecule has 1 rings (SSSR count). The van der Waals surface area contributed by atoms with Gasteiger partial charge in [-0.15, -0.1) is 0 Å². The molecule has 4 nitrogen and oxygen atoms in total. The van der Waals surface area contributed by atoms with Crippen LogP contribution in [-0.2, 0) is 4.79 Å². The number of aliphatic carboxylic acids is 1. The first-order chi connectivity index (χ1) is 7.00. The molecule has 1 N–H and O–H groups in total. The summed E-state index contributed by atoms with van der Waals surface area (Å²) in [7, 11) is 4.15. The first-order valence-electron chi connectivity index (χ1n) is 5.62. The SMILES string of the molecule is CC(CN(C)CC1CCCN1C)C(=O)O. The van der Waals surface area contributed by atoms with Crippen LogP contribution in [0.4, 0.5) is 0 Å². The predicted molar refractivity (Wildman–Crippen MR) is 59.9 cm³/mol. The lowest BCUT2D eigenvalue weighted by molar-refractivity contribution is -0.141. The van der Waals surface area contributed by atoms with E-state index < -0.39 is 5.97 Å². The first-order valence-corrected chi connectivity index (χ1v) is 5.62. The minimum Gasteiger partial charge on any atom is -0.481 e. The molecule has 1 heterocycles. The van der Waals surface area contributed by atoms with Gasteiger partial charge in [0.05, 0.1) is 5.92 Å². The van der Waals surface area contributed by atoms with Crippen molar-refractivity contribution in [2.45, 2.75) is 25.8 Å². The van der Waals surface area contributed by atoms with Gasteiger partial charge in [0, 0.05) is 19.1 Å². The molecule has 0 spiro atoms. The third-order valence-electron chi connectivity index (χ3n) is 3.20. The van der Waals surface area contributed by atoms with E-state index in [1.54, 1.807) is 6.92 Å². The third kappa shape index (κ3) is 3.80. The lowest BCUT2D eigenvalue weighted by Gasteiger charge is -2.26. The molecule has 1 fully saturated rings. The number of rotatable bonds is 5. The Bertz CT molecular complexity index is 221. The van der Waals surface area contributed by atoms with E-state index >= 15 is 0 Å². The summed E-state index contributed by atoms with van der Waals surface area (Å²) in [4.78, 5) is 15.2. The molecule has 1 aliphatic heterocycles. The first kappa shape index (κ1) is 12.5.